The molecule has 1 atom stereocenters. The molecule has 0 amide bonds. The Morgan fingerprint density at radius 2 is 2.00 bits per heavy atom. The van der Waals surface area contributed by atoms with E-state index in [1.165, 1.54) is 5.56 Å². The number of hydrogen-bond donors (Lipinski definition) is 2. The summed E-state index contributed by atoms with van der Waals surface area (Å²) < 4.78 is 5.93. The molecule has 1 heterocycles. The van der Waals surface area contributed by atoms with Crippen molar-refractivity contribution in [3.63, 3.8) is 0 Å². The Balaban J connectivity index is 2.09. The molecule has 0 saturated heterocycles. The van der Waals surface area contributed by atoms with E-state index in [-0.39, 0.29) is 6.04 Å². The van der Waals surface area contributed by atoms with Crippen molar-refractivity contribution in [3.05, 3.63) is 70.4 Å². The zero-order valence-electron chi connectivity index (χ0n) is 11.8. The molecule has 0 aliphatic carbocycles. The van der Waals surface area contributed by atoms with Gasteiger partial charge in [-0.3, -0.25) is 5.84 Å². The van der Waals surface area contributed by atoms with Gasteiger partial charge in [0.2, 0.25) is 0 Å². The summed E-state index contributed by atoms with van der Waals surface area (Å²) in [6.45, 7) is 2.13. The molecule has 3 nitrogen and oxygen atoms in total. The van der Waals surface area contributed by atoms with Gasteiger partial charge in [0.15, 0.2) is 0 Å². The van der Waals surface area contributed by atoms with Crippen molar-refractivity contribution in [2.24, 2.45) is 5.84 Å². The minimum absolute atomic E-state index is 0.174. The first-order valence-electron chi connectivity index (χ1n) is 6.96. The maximum absolute atomic E-state index is 6.02. The average Bonchev–Trinajstić information content (AvgIpc) is 2.91. The Hall–Kier alpha value is -1.81. The van der Waals surface area contributed by atoms with E-state index in [9.17, 15) is 0 Å². The molecule has 3 N–H and O–H groups in total. The van der Waals surface area contributed by atoms with Crippen molar-refractivity contribution in [3.8, 4) is 0 Å². The number of furan rings is 1. The molecule has 21 heavy (non-hydrogen) atoms. The standard InChI is InChI=1S/C17H17ClN2O/c1-2-11-5-3-4-6-14(11)17(20-19)16-10-12-9-13(18)7-8-15(12)21-16/h3-10,17,20H,2,19H2,1H3. The maximum atomic E-state index is 6.02. The van der Waals surface area contributed by atoms with Gasteiger partial charge in [-0.15, -0.1) is 0 Å². The van der Waals surface area contributed by atoms with Crippen molar-refractivity contribution in [2.45, 2.75) is 19.4 Å². The SMILES string of the molecule is CCc1ccccc1C(NN)c1cc2cc(Cl)ccc2o1. The fourth-order valence-electron chi connectivity index (χ4n) is 2.64. The van der Waals surface area contributed by atoms with Crippen LogP contribution in [0.5, 0.6) is 0 Å². The largest absolute Gasteiger partial charge is 0.459 e. The molecule has 2 aromatic carbocycles. The van der Waals surface area contributed by atoms with Gasteiger partial charge in [0.05, 0.1) is 0 Å². The second kappa shape index (κ2) is 5.90. The summed E-state index contributed by atoms with van der Waals surface area (Å²) in [6.07, 6.45) is 0.945. The molecule has 0 bridgehead atoms. The van der Waals surface area contributed by atoms with E-state index >= 15 is 0 Å². The van der Waals surface area contributed by atoms with Crippen molar-refractivity contribution >= 4 is 22.6 Å². The lowest BCUT2D eigenvalue weighted by Crippen LogP contribution is -2.29. The molecular weight excluding hydrogens is 284 g/mol. The summed E-state index contributed by atoms with van der Waals surface area (Å²) in [4.78, 5) is 0. The van der Waals surface area contributed by atoms with E-state index < -0.39 is 0 Å². The van der Waals surface area contributed by atoms with Crippen molar-refractivity contribution in [1.29, 1.82) is 0 Å². The fourth-order valence-corrected chi connectivity index (χ4v) is 2.82. The number of rotatable bonds is 4. The summed E-state index contributed by atoms with van der Waals surface area (Å²) in [5.74, 6) is 6.56. The Labute approximate surface area is 128 Å². The lowest BCUT2D eigenvalue weighted by Gasteiger charge is -2.17. The summed E-state index contributed by atoms with van der Waals surface area (Å²) in [5, 5.41) is 1.67. The van der Waals surface area contributed by atoms with E-state index in [0.29, 0.717) is 5.02 Å². The van der Waals surface area contributed by atoms with Crippen molar-refractivity contribution in [2.75, 3.05) is 0 Å². The molecule has 0 saturated carbocycles. The third-order valence-electron chi connectivity index (χ3n) is 3.70. The first kappa shape index (κ1) is 14.1. The number of benzene rings is 2. The molecule has 1 unspecified atom stereocenters. The number of aryl methyl sites for hydroxylation is 1. The van der Waals surface area contributed by atoms with Crippen LogP contribution in [0.4, 0.5) is 0 Å². The summed E-state index contributed by atoms with van der Waals surface area (Å²) in [6, 6.07) is 15.6. The average molecular weight is 301 g/mol. The molecule has 0 aliphatic heterocycles. The third kappa shape index (κ3) is 2.68. The molecule has 1 aromatic heterocycles. The lowest BCUT2D eigenvalue weighted by atomic mass is 9.97. The predicted molar refractivity (Wildman–Crippen MR) is 86.2 cm³/mol. The molecule has 108 valence electrons. The van der Waals surface area contributed by atoms with Gasteiger partial charge in [-0.1, -0.05) is 42.8 Å². The van der Waals surface area contributed by atoms with Crippen LogP contribution in [-0.2, 0) is 6.42 Å². The van der Waals surface area contributed by atoms with E-state index in [2.05, 4.69) is 24.5 Å². The maximum Gasteiger partial charge on any atom is 0.134 e. The van der Waals surface area contributed by atoms with Gasteiger partial charge in [0, 0.05) is 10.4 Å². The zero-order valence-corrected chi connectivity index (χ0v) is 12.5. The number of nitrogens with two attached hydrogens (primary N) is 1. The smallest absolute Gasteiger partial charge is 0.134 e. The molecule has 0 aliphatic rings. The minimum atomic E-state index is -0.174. The molecule has 3 aromatic rings. The lowest BCUT2D eigenvalue weighted by molar-refractivity contribution is 0.475. The topological polar surface area (TPSA) is 51.2 Å². The first-order chi connectivity index (χ1) is 10.2. The van der Waals surface area contributed by atoms with E-state index in [1.807, 2.05) is 36.4 Å². The minimum Gasteiger partial charge on any atom is -0.459 e. The highest BCUT2D eigenvalue weighted by Gasteiger charge is 2.19. The van der Waals surface area contributed by atoms with Crippen LogP contribution in [0.2, 0.25) is 5.02 Å². The number of fused-ring (bicyclic) bond motifs is 1. The van der Waals surface area contributed by atoms with Crippen molar-refractivity contribution in [1.82, 2.24) is 5.43 Å². The number of nitrogens with one attached hydrogen (secondary N) is 1. The van der Waals surface area contributed by atoms with Crippen LogP contribution in [0, 0.1) is 0 Å². The van der Waals surface area contributed by atoms with Gasteiger partial charge in [0.25, 0.3) is 0 Å². The summed E-state index contributed by atoms with van der Waals surface area (Å²) >= 11 is 6.02. The first-order valence-corrected chi connectivity index (χ1v) is 7.33. The van der Waals surface area contributed by atoms with Crippen LogP contribution in [0.15, 0.2) is 52.9 Å². The quantitative estimate of drug-likeness (QED) is 0.561. The van der Waals surface area contributed by atoms with Gasteiger partial charge < -0.3 is 4.42 Å². The van der Waals surface area contributed by atoms with Gasteiger partial charge in [0.1, 0.15) is 17.4 Å². The normalized spacial score (nSPS) is 12.7. The van der Waals surface area contributed by atoms with E-state index in [4.69, 9.17) is 21.9 Å². The molecule has 0 radical (unpaired) electrons. The Morgan fingerprint density at radius 3 is 2.76 bits per heavy atom. The van der Waals surface area contributed by atoms with Crippen molar-refractivity contribution < 1.29 is 4.42 Å². The zero-order chi connectivity index (χ0) is 14.8. The molecule has 0 fully saturated rings. The van der Waals surface area contributed by atoms with Crippen LogP contribution in [0.25, 0.3) is 11.0 Å². The fraction of sp³-hybridized carbons (Fsp3) is 0.176. The highest BCUT2D eigenvalue weighted by Crippen LogP contribution is 2.30. The van der Waals surface area contributed by atoms with E-state index in [0.717, 1.165) is 28.7 Å². The molecular formula is C17H17ClN2O. The van der Waals surface area contributed by atoms with Gasteiger partial charge in [-0.05, 0) is 41.8 Å². The molecule has 3 rings (SSSR count). The third-order valence-corrected chi connectivity index (χ3v) is 3.93. The second-order valence-corrected chi connectivity index (χ2v) is 5.42. The van der Waals surface area contributed by atoms with Gasteiger partial charge >= 0.3 is 0 Å². The Kier molecular flexibility index (Phi) is 3.97. The van der Waals surface area contributed by atoms with Gasteiger partial charge in [-0.25, -0.2) is 5.43 Å². The Bertz CT molecular complexity index is 766. The van der Waals surface area contributed by atoms with Crippen LogP contribution >= 0.6 is 11.6 Å². The van der Waals surface area contributed by atoms with Crippen LogP contribution in [-0.4, -0.2) is 0 Å². The van der Waals surface area contributed by atoms with Crippen LogP contribution in [0.3, 0.4) is 0 Å². The van der Waals surface area contributed by atoms with Crippen LogP contribution < -0.4 is 11.3 Å². The number of hydrazine groups is 1. The summed E-state index contributed by atoms with van der Waals surface area (Å²) in [7, 11) is 0. The highest BCUT2D eigenvalue weighted by atomic mass is 35.5. The number of hydrogen-bond acceptors (Lipinski definition) is 3. The van der Waals surface area contributed by atoms with E-state index in [1.54, 1.807) is 0 Å². The highest BCUT2D eigenvalue weighted by molar-refractivity contribution is 6.31. The second-order valence-electron chi connectivity index (χ2n) is 4.98. The van der Waals surface area contributed by atoms with Gasteiger partial charge in [-0.2, -0.15) is 0 Å². The van der Waals surface area contributed by atoms with Crippen LogP contribution in [0.1, 0.15) is 29.9 Å². The summed E-state index contributed by atoms with van der Waals surface area (Å²) in [5.41, 5.74) is 6.05. The molecule has 4 heteroatoms. The Morgan fingerprint density at radius 1 is 1.19 bits per heavy atom. The number of halogens is 1. The monoisotopic (exact) mass is 300 g/mol. The predicted octanol–water partition coefficient (Wildman–Crippen LogP) is 4.20. The molecule has 0 spiro atoms.